The maximum atomic E-state index is 12.0. The van der Waals surface area contributed by atoms with Crippen LogP contribution >= 0.6 is 0 Å². The molecule has 0 aromatic rings. The summed E-state index contributed by atoms with van der Waals surface area (Å²) in [7, 11) is 0. The van der Waals surface area contributed by atoms with E-state index in [1.165, 1.54) is 12.8 Å². The standard InChI is InChI=1S/C12H21N3O2/c1-12(10(13)16)6-7-15(8-12)11(17)14-9-4-2-3-5-9/h9H,2-8H2,1H3,(H2,13,16)(H,14,17). The number of carbonyl (C=O) groups excluding carboxylic acids is 2. The summed E-state index contributed by atoms with van der Waals surface area (Å²) in [6.07, 6.45) is 5.22. The second-order valence-electron chi connectivity index (χ2n) is 5.53. The van der Waals surface area contributed by atoms with Gasteiger partial charge in [-0.1, -0.05) is 12.8 Å². The lowest BCUT2D eigenvalue weighted by atomic mass is 9.89. The smallest absolute Gasteiger partial charge is 0.317 e. The van der Waals surface area contributed by atoms with Gasteiger partial charge in [0.05, 0.1) is 5.41 Å². The number of carbonyl (C=O) groups is 2. The summed E-state index contributed by atoms with van der Waals surface area (Å²) in [5.41, 5.74) is 4.81. The van der Waals surface area contributed by atoms with Gasteiger partial charge in [0.1, 0.15) is 0 Å². The molecular formula is C12H21N3O2. The van der Waals surface area contributed by atoms with Crippen LogP contribution in [-0.4, -0.2) is 36.0 Å². The molecule has 0 spiro atoms. The molecular weight excluding hydrogens is 218 g/mol. The van der Waals surface area contributed by atoms with Crippen LogP contribution in [0.2, 0.25) is 0 Å². The number of urea groups is 1. The molecule has 0 radical (unpaired) electrons. The average molecular weight is 239 g/mol. The maximum absolute atomic E-state index is 12.0. The molecule has 1 saturated heterocycles. The van der Waals surface area contributed by atoms with E-state index < -0.39 is 5.41 Å². The first-order valence-corrected chi connectivity index (χ1v) is 6.37. The molecule has 1 heterocycles. The highest BCUT2D eigenvalue weighted by Crippen LogP contribution is 2.29. The number of primary amides is 1. The van der Waals surface area contributed by atoms with Crippen molar-refractivity contribution in [3.63, 3.8) is 0 Å². The normalized spacial score (nSPS) is 29.6. The minimum Gasteiger partial charge on any atom is -0.369 e. The van der Waals surface area contributed by atoms with Crippen LogP contribution in [0.15, 0.2) is 0 Å². The predicted molar refractivity (Wildman–Crippen MR) is 64.3 cm³/mol. The third-order valence-corrected chi connectivity index (χ3v) is 4.04. The Hall–Kier alpha value is -1.26. The third kappa shape index (κ3) is 2.53. The molecule has 0 bridgehead atoms. The van der Waals surface area contributed by atoms with Gasteiger partial charge in [0.15, 0.2) is 0 Å². The highest BCUT2D eigenvalue weighted by molar-refractivity contribution is 5.83. The Labute approximate surface area is 102 Å². The van der Waals surface area contributed by atoms with Gasteiger partial charge in [-0.2, -0.15) is 0 Å². The number of likely N-dealkylation sites (tertiary alicyclic amines) is 1. The van der Waals surface area contributed by atoms with Gasteiger partial charge in [0.2, 0.25) is 5.91 Å². The fourth-order valence-electron chi connectivity index (χ4n) is 2.67. The highest BCUT2D eigenvalue weighted by Gasteiger charge is 2.40. The SMILES string of the molecule is CC1(C(N)=O)CCN(C(=O)NC2CCCC2)C1. The molecule has 1 aliphatic heterocycles. The van der Waals surface area contributed by atoms with Crippen LogP contribution in [0.5, 0.6) is 0 Å². The molecule has 1 atom stereocenters. The van der Waals surface area contributed by atoms with Gasteiger partial charge >= 0.3 is 6.03 Å². The van der Waals surface area contributed by atoms with Crippen molar-refractivity contribution in [1.29, 1.82) is 0 Å². The lowest BCUT2D eigenvalue weighted by Gasteiger charge is -2.23. The molecule has 2 aliphatic rings. The van der Waals surface area contributed by atoms with Gasteiger partial charge in [0.25, 0.3) is 0 Å². The molecule has 96 valence electrons. The highest BCUT2D eigenvalue weighted by atomic mass is 16.2. The molecule has 0 aromatic heterocycles. The summed E-state index contributed by atoms with van der Waals surface area (Å²) >= 11 is 0. The zero-order valence-electron chi connectivity index (χ0n) is 10.4. The van der Waals surface area contributed by atoms with Crippen molar-refractivity contribution in [3.05, 3.63) is 0 Å². The molecule has 5 nitrogen and oxygen atoms in total. The van der Waals surface area contributed by atoms with E-state index in [1.54, 1.807) is 4.90 Å². The van der Waals surface area contributed by atoms with Crippen molar-refractivity contribution in [2.75, 3.05) is 13.1 Å². The number of nitrogens with two attached hydrogens (primary N) is 1. The van der Waals surface area contributed by atoms with E-state index in [4.69, 9.17) is 5.73 Å². The van der Waals surface area contributed by atoms with Crippen LogP contribution in [0.25, 0.3) is 0 Å². The average Bonchev–Trinajstić information content (AvgIpc) is 2.88. The number of nitrogens with one attached hydrogen (secondary N) is 1. The summed E-state index contributed by atoms with van der Waals surface area (Å²) in [4.78, 5) is 25.0. The van der Waals surface area contributed by atoms with Crippen LogP contribution in [0.3, 0.4) is 0 Å². The Morgan fingerprint density at radius 1 is 1.35 bits per heavy atom. The first-order valence-electron chi connectivity index (χ1n) is 6.37. The van der Waals surface area contributed by atoms with Crippen molar-refractivity contribution < 1.29 is 9.59 Å². The minimum atomic E-state index is -0.549. The topological polar surface area (TPSA) is 75.4 Å². The van der Waals surface area contributed by atoms with E-state index in [0.717, 1.165) is 12.8 Å². The number of hydrogen-bond acceptors (Lipinski definition) is 2. The van der Waals surface area contributed by atoms with Crippen molar-refractivity contribution >= 4 is 11.9 Å². The molecule has 17 heavy (non-hydrogen) atoms. The van der Waals surface area contributed by atoms with Gasteiger partial charge < -0.3 is 16.0 Å². The molecule has 1 unspecified atom stereocenters. The monoisotopic (exact) mass is 239 g/mol. The van der Waals surface area contributed by atoms with E-state index in [-0.39, 0.29) is 11.9 Å². The molecule has 0 aromatic carbocycles. The van der Waals surface area contributed by atoms with Crippen LogP contribution in [0.4, 0.5) is 4.79 Å². The second kappa shape index (κ2) is 4.55. The number of amides is 3. The molecule has 1 aliphatic carbocycles. The first kappa shape index (κ1) is 12.2. The summed E-state index contributed by atoms with van der Waals surface area (Å²) in [6, 6.07) is 0.282. The zero-order valence-corrected chi connectivity index (χ0v) is 10.4. The largest absolute Gasteiger partial charge is 0.369 e. The molecule has 1 saturated carbocycles. The summed E-state index contributed by atoms with van der Waals surface area (Å²) in [5.74, 6) is -0.311. The molecule has 5 heteroatoms. The molecule has 3 amide bonds. The van der Waals surface area contributed by atoms with Crippen LogP contribution in [0.1, 0.15) is 39.0 Å². The molecule has 2 fully saturated rings. The Morgan fingerprint density at radius 2 is 2.00 bits per heavy atom. The zero-order chi connectivity index (χ0) is 12.5. The van der Waals surface area contributed by atoms with Crippen molar-refractivity contribution in [3.8, 4) is 0 Å². The van der Waals surface area contributed by atoms with Crippen LogP contribution in [0, 0.1) is 5.41 Å². The number of rotatable bonds is 2. The van der Waals surface area contributed by atoms with E-state index in [9.17, 15) is 9.59 Å². The summed E-state index contributed by atoms with van der Waals surface area (Å²) in [5, 5.41) is 3.03. The van der Waals surface area contributed by atoms with E-state index in [1.807, 2.05) is 6.92 Å². The van der Waals surface area contributed by atoms with Crippen LogP contribution in [-0.2, 0) is 4.79 Å². The van der Waals surface area contributed by atoms with Gasteiger partial charge in [0, 0.05) is 19.1 Å². The quantitative estimate of drug-likeness (QED) is 0.749. The lowest BCUT2D eigenvalue weighted by Crippen LogP contribution is -2.45. The Balaban J connectivity index is 1.87. The Kier molecular flexibility index (Phi) is 3.26. The maximum Gasteiger partial charge on any atom is 0.317 e. The Bertz CT molecular complexity index is 326. The van der Waals surface area contributed by atoms with Crippen LogP contribution < -0.4 is 11.1 Å². The van der Waals surface area contributed by atoms with Crippen molar-refractivity contribution in [2.45, 2.75) is 45.1 Å². The van der Waals surface area contributed by atoms with E-state index in [0.29, 0.717) is 25.6 Å². The van der Waals surface area contributed by atoms with E-state index in [2.05, 4.69) is 5.32 Å². The van der Waals surface area contributed by atoms with Crippen molar-refractivity contribution in [1.82, 2.24) is 10.2 Å². The van der Waals surface area contributed by atoms with Gasteiger partial charge in [-0.3, -0.25) is 4.79 Å². The van der Waals surface area contributed by atoms with Gasteiger partial charge in [-0.25, -0.2) is 4.79 Å². The minimum absolute atomic E-state index is 0.0399. The van der Waals surface area contributed by atoms with Gasteiger partial charge in [-0.05, 0) is 26.2 Å². The summed E-state index contributed by atoms with van der Waals surface area (Å²) < 4.78 is 0. The lowest BCUT2D eigenvalue weighted by molar-refractivity contribution is -0.126. The fourth-order valence-corrected chi connectivity index (χ4v) is 2.67. The number of nitrogens with zero attached hydrogens (tertiary/aromatic N) is 1. The third-order valence-electron chi connectivity index (χ3n) is 4.04. The second-order valence-corrected chi connectivity index (χ2v) is 5.53. The summed E-state index contributed by atoms with van der Waals surface area (Å²) in [6.45, 7) is 2.90. The van der Waals surface area contributed by atoms with Gasteiger partial charge in [-0.15, -0.1) is 0 Å². The first-order chi connectivity index (χ1) is 8.01. The predicted octanol–water partition coefficient (Wildman–Crippen LogP) is 0.836. The number of hydrogen-bond donors (Lipinski definition) is 2. The van der Waals surface area contributed by atoms with E-state index >= 15 is 0 Å². The molecule has 2 rings (SSSR count). The fraction of sp³-hybridized carbons (Fsp3) is 0.833. The van der Waals surface area contributed by atoms with Crippen molar-refractivity contribution in [2.24, 2.45) is 11.1 Å². The Morgan fingerprint density at radius 3 is 2.53 bits per heavy atom. The molecule has 3 N–H and O–H groups in total.